The fourth-order valence-corrected chi connectivity index (χ4v) is 3.23. The molecule has 1 aliphatic heterocycles. The van der Waals surface area contributed by atoms with Gasteiger partial charge in [0.1, 0.15) is 0 Å². The maximum Gasteiger partial charge on any atom is 0.0991 e. The number of nitrogens with zero attached hydrogens (tertiary/aromatic N) is 2. The molecule has 0 bridgehead atoms. The zero-order valence-electron chi connectivity index (χ0n) is 14.7. The Morgan fingerprint density at radius 1 is 1.12 bits per heavy atom. The lowest BCUT2D eigenvalue weighted by molar-refractivity contribution is -0.0212. The first-order valence-corrected chi connectivity index (χ1v) is 8.84. The Morgan fingerprint density at radius 2 is 1.84 bits per heavy atom. The molecule has 2 aromatic rings. The molecule has 1 unspecified atom stereocenters. The molecule has 0 aliphatic carbocycles. The lowest BCUT2D eigenvalue weighted by atomic mass is 10.1. The summed E-state index contributed by atoms with van der Waals surface area (Å²) < 4.78 is 5.61. The van der Waals surface area contributed by atoms with Crippen molar-refractivity contribution in [3.63, 3.8) is 0 Å². The molecule has 0 saturated carbocycles. The van der Waals surface area contributed by atoms with Gasteiger partial charge in [0.2, 0.25) is 0 Å². The molecule has 1 N–H and O–H groups in total. The first-order valence-electron chi connectivity index (χ1n) is 8.84. The van der Waals surface area contributed by atoms with Crippen LogP contribution in [0.3, 0.4) is 0 Å². The standard InChI is InChI=1S/C21H25N3O/c1-17-15-24(8-9-25-17)16-21-7-3-6-20(11-21)14-23-13-19-5-2-4-18(10-19)12-22/h2-7,10-11,17,23H,8-9,13-16H2,1H3. The summed E-state index contributed by atoms with van der Waals surface area (Å²) in [5.74, 6) is 0. The molecule has 1 saturated heterocycles. The van der Waals surface area contributed by atoms with Crippen molar-refractivity contribution in [1.82, 2.24) is 10.2 Å². The Labute approximate surface area is 150 Å². The lowest BCUT2D eigenvalue weighted by Gasteiger charge is -2.31. The summed E-state index contributed by atoms with van der Waals surface area (Å²) in [6.07, 6.45) is 0.322. The van der Waals surface area contributed by atoms with Crippen molar-refractivity contribution in [3.05, 3.63) is 70.8 Å². The van der Waals surface area contributed by atoms with Crippen LogP contribution in [-0.4, -0.2) is 30.7 Å². The third-order valence-electron chi connectivity index (χ3n) is 4.44. The van der Waals surface area contributed by atoms with Crippen molar-refractivity contribution in [1.29, 1.82) is 5.26 Å². The molecule has 0 amide bonds. The number of ether oxygens (including phenoxy) is 1. The second-order valence-electron chi connectivity index (χ2n) is 6.65. The van der Waals surface area contributed by atoms with E-state index >= 15 is 0 Å². The molecule has 130 valence electrons. The van der Waals surface area contributed by atoms with Crippen LogP contribution in [0.15, 0.2) is 48.5 Å². The number of benzene rings is 2. The van der Waals surface area contributed by atoms with Crippen LogP contribution in [0.1, 0.15) is 29.2 Å². The second-order valence-corrected chi connectivity index (χ2v) is 6.65. The summed E-state index contributed by atoms with van der Waals surface area (Å²) in [5, 5.41) is 12.4. The number of rotatable bonds is 6. The van der Waals surface area contributed by atoms with Gasteiger partial charge in [0.05, 0.1) is 24.3 Å². The fraction of sp³-hybridized carbons (Fsp3) is 0.381. The zero-order chi connectivity index (χ0) is 17.5. The molecular weight excluding hydrogens is 310 g/mol. The van der Waals surface area contributed by atoms with Gasteiger partial charge < -0.3 is 10.1 Å². The van der Waals surface area contributed by atoms with E-state index in [1.807, 2.05) is 24.3 Å². The molecule has 0 radical (unpaired) electrons. The molecule has 1 heterocycles. The molecule has 1 atom stereocenters. The Morgan fingerprint density at radius 3 is 2.60 bits per heavy atom. The lowest BCUT2D eigenvalue weighted by Crippen LogP contribution is -2.40. The van der Waals surface area contributed by atoms with Crippen molar-refractivity contribution < 1.29 is 4.74 Å². The predicted molar refractivity (Wildman–Crippen MR) is 98.8 cm³/mol. The Bertz CT molecular complexity index is 738. The van der Waals surface area contributed by atoms with E-state index in [4.69, 9.17) is 10.00 Å². The maximum atomic E-state index is 8.96. The van der Waals surface area contributed by atoms with Gasteiger partial charge in [0.15, 0.2) is 0 Å². The minimum Gasteiger partial charge on any atom is -0.376 e. The highest BCUT2D eigenvalue weighted by molar-refractivity contribution is 5.32. The fourth-order valence-electron chi connectivity index (χ4n) is 3.23. The summed E-state index contributed by atoms with van der Waals surface area (Å²) in [5.41, 5.74) is 4.48. The van der Waals surface area contributed by atoms with Crippen LogP contribution in [0.5, 0.6) is 0 Å². The molecule has 0 aromatic heterocycles. The number of hydrogen-bond donors (Lipinski definition) is 1. The van der Waals surface area contributed by atoms with Crippen molar-refractivity contribution in [2.45, 2.75) is 32.7 Å². The summed E-state index contributed by atoms with van der Waals surface area (Å²) in [6, 6.07) is 18.7. The minimum atomic E-state index is 0.322. The number of nitrogens with one attached hydrogen (secondary N) is 1. The summed E-state index contributed by atoms with van der Waals surface area (Å²) in [6.45, 7) is 7.52. The highest BCUT2D eigenvalue weighted by Gasteiger charge is 2.16. The van der Waals surface area contributed by atoms with Gasteiger partial charge in [0, 0.05) is 32.7 Å². The van der Waals surface area contributed by atoms with Crippen molar-refractivity contribution in [2.24, 2.45) is 0 Å². The van der Waals surface area contributed by atoms with Crippen molar-refractivity contribution in [2.75, 3.05) is 19.7 Å². The average Bonchev–Trinajstić information content (AvgIpc) is 2.62. The van der Waals surface area contributed by atoms with Crippen LogP contribution >= 0.6 is 0 Å². The zero-order valence-corrected chi connectivity index (χ0v) is 14.7. The van der Waals surface area contributed by atoms with E-state index in [1.165, 1.54) is 11.1 Å². The Hall–Kier alpha value is -2.19. The van der Waals surface area contributed by atoms with Gasteiger partial charge in [-0.2, -0.15) is 5.26 Å². The molecule has 1 fully saturated rings. The van der Waals surface area contributed by atoms with Crippen molar-refractivity contribution >= 4 is 0 Å². The van der Waals surface area contributed by atoms with Gasteiger partial charge in [-0.1, -0.05) is 36.4 Å². The van der Waals surface area contributed by atoms with E-state index in [0.717, 1.165) is 44.9 Å². The highest BCUT2D eigenvalue weighted by Crippen LogP contribution is 2.12. The molecule has 3 rings (SSSR count). The SMILES string of the molecule is CC1CN(Cc2cccc(CNCc3cccc(C#N)c3)c2)CCO1. The van der Waals surface area contributed by atoms with Crippen LogP contribution < -0.4 is 5.32 Å². The topological polar surface area (TPSA) is 48.3 Å². The second kappa shape index (κ2) is 8.77. The number of morpholine rings is 1. The van der Waals surface area contributed by atoms with Crippen molar-refractivity contribution in [3.8, 4) is 6.07 Å². The molecular formula is C21H25N3O. The Balaban J connectivity index is 1.52. The van der Waals surface area contributed by atoms with E-state index in [1.54, 1.807) is 0 Å². The maximum absolute atomic E-state index is 8.96. The quantitative estimate of drug-likeness (QED) is 0.881. The number of nitriles is 1. The van der Waals surface area contributed by atoms with Gasteiger partial charge in [-0.15, -0.1) is 0 Å². The average molecular weight is 335 g/mol. The third-order valence-corrected chi connectivity index (χ3v) is 4.44. The third kappa shape index (κ3) is 5.40. The summed E-state index contributed by atoms with van der Waals surface area (Å²) in [4.78, 5) is 2.45. The van der Waals surface area contributed by atoms with E-state index in [9.17, 15) is 0 Å². The van der Waals surface area contributed by atoms with Crippen LogP contribution in [-0.2, 0) is 24.4 Å². The first kappa shape index (κ1) is 17.6. The van der Waals surface area contributed by atoms with Gasteiger partial charge in [-0.25, -0.2) is 0 Å². The Kier molecular flexibility index (Phi) is 6.19. The summed E-state index contributed by atoms with van der Waals surface area (Å²) in [7, 11) is 0. The normalized spacial score (nSPS) is 18.0. The monoisotopic (exact) mass is 335 g/mol. The first-order chi connectivity index (χ1) is 12.2. The smallest absolute Gasteiger partial charge is 0.0991 e. The largest absolute Gasteiger partial charge is 0.376 e. The van der Waals surface area contributed by atoms with E-state index in [-0.39, 0.29) is 0 Å². The van der Waals surface area contributed by atoms with E-state index in [0.29, 0.717) is 11.7 Å². The minimum absolute atomic E-state index is 0.322. The van der Waals surface area contributed by atoms with E-state index < -0.39 is 0 Å². The molecule has 4 heteroatoms. The van der Waals surface area contributed by atoms with Crippen LogP contribution in [0.2, 0.25) is 0 Å². The van der Waals surface area contributed by atoms with Gasteiger partial charge >= 0.3 is 0 Å². The van der Waals surface area contributed by atoms with Crippen LogP contribution in [0, 0.1) is 11.3 Å². The molecule has 0 spiro atoms. The number of hydrogen-bond acceptors (Lipinski definition) is 4. The van der Waals surface area contributed by atoms with Gasteiger partial charge in [-0.3, -0.25) is 4.90 Å². The van der Waals surface area contributed by atoms with E-state index in [2.05, 4.69) is 47.5 Å². The van der Waals surface area contributed by atoms with Crippen LogP contribution in [0.4, 0.5) is 0 Å². The molecule has 1 aliphatic rings. The summed E-state index contributed by atoms with van der Waals surface area (Å²) >= 11 is 0. The van der Waals surface area contributed by atoms with Gasteiger partial charge in [-0.05, 0) is 35.7 Å². The predicted octanol–water partition coefficient (Wildman–Crippen LogP) is 3.07. The van der Waals surface area contributed by atoms with Crippen LogP contribution in [0.25, 0.3) is 0 Å². The molecule has 25 heavy (non-hydrogen) atoms. The molecule has 2 aromatic carbocycles. The highest BCUT2D eigenvalue weighted by atomic mass is 16.5. The molecule has 4 nitrogen and oxygen atoms in total. The van der Waals surface area contributed by atoms with Gasteiger partial charge in [0.25, 0.3) is 0 Å².